The molecule has 18 heavy (non-hydrogen) atoms. The zero-order chi connectivity index (χ0) is 13.0. The second kappa shape index (κ2) is 6.63. The van der Waals surface area contributed by atoms with Crippen molar-refractivity contribution in [2.75, 3.05) is 18.1 Å². The van der Waals surface area contributed by atoms with Gasteiger partial charge in [0.05, 0.1) is 0 Å². The van der Waals surface area contributed by atoms with Gasteiger partial charge in [-0.15, -0.1) is 0 Å². The van der Waals surface area contributed by atoms with Gasteiger partial charge in [-0.25, -0.2) is 0 Å². The van der Waals surface area contributed by atoms with Crippen molar-refractivity contribution >= 4 is 11.8 Å². The molecule has 1 aromatic carbocycles. The molecule has 100 valence electrons. The molecule has 0 radical (unpaired) electrons. The van der Waals surface area contributed by atoms with Gasteiger partial charge in [-0.05, 0) is 56.2 Å². The molecule has 1 fully saturated rings. The zero-order valence-corrected chi connectivity index (χ0v) is 12.6. The number of thioether (sulfide) groups is 1. The summed E-state index contributed by atoms with van der Waals surface area (Å²) < 4.78 is 0. The van der Waals surface area contributed by atoms with Gasteiger partial charge in [0, 0.05) is 6.04 Å². The molecule has 0 aromatic heterocycles. The number of aryl methyl sites for hydroxylation is 2. The van der Waals surface area contributed by atoms with Crippen molar-refractivity contribution in [2.24, 2.45) is 5.92 Å². The van der Waals surface area contributed by atoms with Crippen molar-refractivity contribution in [3.63, 3.8) is 0 Å². The molecule has 1 saturated heterocycles. The Morgan fingerprint density at radius 1 is 1.28 bits per heavy atom. The predicted octanol–water partition coefficient (Wildman–Crippen LogP) is 4.10. The SMILES string of the molecule is CCCNC(c1cc(C)cc(C)c1)C1CCSC1. The van der Waals surface area contributed by atoms with Crippen LogP contribution >= 0.6 is 11.8 Å². The van der Waals surface area contributed by atoms with E-state index in [4.69, 9.17) is 0 Å². The molecule has 1 nitrogen and oxygen atoms in total. The maximum atomic E-state index is 3.77. The Hall–Kier alpha value is -0.470. The molecular formula is C16H25NS. The number of rotatable bonds is 5. The van der Waals surface area contributed by atoms with E-state index in [-0.39, 0.29) is 0 Å². The van der Waals surface area contributed by atoms with Crippen LogP contribution in [0.15, 0.2) is 18.2 Å². The van der Waals surface area contributed by atoms with E-state index in [2.05, 4.69) is 56.0 Å². The minimum absolute atomic E-state index is 0.554. The van der Waals surface area contributed by atoms with E-state index in [1.54, 1.807) is 0 Å². The highest BCUT2D eigenvalue weighted by Crippen LogP contribution is 2.34. The van der Waals surface area contributed by atoms with E-state index >= 15 is 0 Å². The molecule has 2 atom stereocenters. The van der Waals surface area contributed by atoms with Crippen LogP contribution in [-0.4, -0.2) is 18.1 Å². The Morgan fingerprint density at radius 2 is 2.00 bits per heavy atom. The maximum absolute atomic E-state index is 3.77. The minimum atomic E-state index is 0.554. The summed E-state index contributed by atoms with van der Waals surface area (Å²) in [5.74, 6) is 3.46. The second-order valence-corrected chi connectivity index (χ2v) is 6.63. The van der Waals surface area contributed by atoms with Crippen LogP contribution in [0, 0.1) is 19.8 Å². The molecule has 0 bridgehead atoms. The normalized spacial score (nSPS) is 21.2. The largest absolute Gasteiger partial charge is 0.310 e. The Bertz CT molecular complexity index is 362. The number of hydrogen-bond acceptors (Lipinski definition) is 2. The molecule has 1 aliphatic heterocycles. The molecular weight excluding hydrogens is 238 g/mol. The van der Waals surface area contributed by atoms with E-state index in [1.165, 1.54) is 41.0 Å². The summed E-state index contributed by atoms with van der Waals surface area (Å²) in [6.45, 7) is 7.78. The molecule has 0 aliphatic carbocycles. The average Bonchev–Trinajstić information content (AvgIpc) is 2.82. The van der Waals surface area contributed by atoms with Crippen LogP contribution in [0.25, 0.3) is 0 Å². The highest BCUT2D eigenvalue weighted by Gasteiger charge is 2.26. The summed E-state index contributed by atoms with van der Waals surface area (Å²) >= 11 is 2.11. The van der Waals surface area contributed by atoms with Gasteiger partial charge in [0.1, 0.15) is 0 Å². The van der Waals surface area contributed by atoms with E-state index < -0.39 is 0 Å². The molecule has 2 rings (SSSR count). The summed E-state index contributed by atoms with van der Waals surface area (Å²) in [4.78, 5) is 0. The summed E-state index contributed by atoms with van der Waals surface area (Å²) in [6.07, 6.45) is 2.57. The quantitative estimate of drug-likeness (QED) is 0.858. The fourth-order valence-electron chi connectivity index (χ4n) is 2.86. The van der Waals surface area contributed by atoms with Crippen LogP contribution in [0.4, 0.5) is 0 Å². The monoisotopic (exact) mass is 263 g/mol. The summed E-state index contributed by atoms with van der Waals surface area (Å²) in [7, 11) is 0. The standard InChI is InChI=1S/C16H25NS/c1-4-6-17-16(14-5-7-18-11-14)15-9-12(2)8-13(3)10-15/h8-10,14,16-17H,4-7,11H2,1-3H3. The van der Waals surface area contributed by atoms with Crippen molar-refractivity contribution < 1.29 is 0 Å². The van der Waals surface area contributed by atoms with Gasteiger partial charge < -0.3 is 5.32 Å². The van der Waals surface area contributed by atoms with Crippen LogP contribution in [0.1, 0.15) is 42.5 Å². The van der Waals surface area contributed by atoms with E-state index in [0.717, 1.165) is 12.5 Å². The molecule has 1 aromatic rings. The Balaban J connectivity index is 2.20. The fourth-order valence-corrected chi connectivity index (χ4v) is 4.16. The first-order valence-corrected chi connectivity index (χ1v) is 8.25. The van der Waals surface area contributed by atoms with E-state index in [0.29, 0.717) is 6.04 Å². The Labute approximate surface area is 116 Å². The van der Waals surface area contributed by atoms with Crippen molar-refractivity contribution in [3.05, 3.63) is 34.9 Å². The third-order valence-electron chi connectivity index (χ3n) is 3.65. The lowest BCUT2D eigenvalue weighted by molar-refractivity contribution is 0.393. The lowest BCUT2D eigenvalue weighted by Gasteiger charge is -2.25. The third kappa shape index (κ3) is 3.52. The molecule has 2 unspecified atom stereocenters. The first-order chi connectivity index (χ1) is 8.70. The van der Waals surface area contributed by atoms with Crippen molar-refractivity contribution in [2.45, 2.75) is 39.7 Å². The van der Waals surface area contributed by atoms with Gasteiger partial charge >= 0.3 is 0 Å². The molecule has 0 saturated carbocycles. The summed E-state index contributed by atoms with van der Waals surface area (Å²) in [5.41, 5.74) is 4.27. The number of hydrogen-bond donors (Lipinski definition) is 1. The van der Waals surface area contributed by atoms with E-state index in [1.807, 2.05) is 0 Å². The molecule has 2 heteroatoms. The summed E-state index contributed by atoms with van der Waals surface area (Å²) in [6, 6.07) is 7.55. The average molecular weight is 263 g/mol. The van der Waals surface area contributed by atoms with Gasteiger partial charge in [-0.3, -0.25) is 0 Å². The second-order valence-electron chi connectivity index (χ2n) is 5.48. The van der Waals surface area contributed by atoms with Gasteiger partial charge in [0.2, 0.25) is 0 Å². The smallest absolute Gasteiger partial charge is 0.0357 e. The first kappa shape index (κ1) is 14.0. The van der Waals surface area contributed by atoms with Crippen molar-refractivity contribution in [1.82, 2.24) is 5.32 Å². The van der Waals surface area contributed by atoms with Crippen LogP contribution in [0.2, 0.25) is 0 Å². The van der Waals surface area contributed by atoms with Gasteiger partial charge in [-0.2, -0.15) is 11.8 Å². The van der Waals surface area contributed by atoms with Crippen molar-refractivity contribution in [1.29, 1.82) is 0 Å². The highest BCUT2D eigenvalue weighted by molar-refractivity contribution is 7.99. The maximum Gasteiger partial charge on any atom is 0.0357 e. The van der Waals surface area contributed by atoms with Crippen molar-refractivity contribution in [3.8, 4) is 0 Å². The summed E-state index contributed by atoms with van der Waals surface area (Å²) in [5, 5.41) is 3.77. The van der Waals surface area contributed by atoms with Gasteiger partial charge in [-0.1, -0.05) is 36.2 Å². The number of benzene rings is 1. The molecule has 0 amide bonds. The molecule has 1 aliphatic rings. The molecule has 1 N–H and O–H groups in total. The van der Waals surface area contributed by atoms with Crippen LogP contribution in [-0.2, 0) is 0 Å². The highest BCUT2D eigenvalue weighted by atomic mass is 32.2. The first-order valence-electron chi connectivity index (χ1n) is 7.10. The Kier molecular flexibility index (Phi) is 5.13. The van der Waals surface area contributed by atoms with Gasteiger partial charge in [0.15, 0.2) is 0 Å². The fraction of sp³-hybridized carbons (Fsp3) is 0.625. The Morgan fingerprint density at radius 3 is 2.56 bits per heavy atom. The van der Waals surface area contributed by atoms with Crippen LogP contribution < -0.4 is 5.32 Å². The lowest BCUT2D eigenvalue weighted by atomic mass is 9.90. The minimum Gasteiger partial charge on any atom is -0.310 e. The molecule has 1 heterocycles. The lowest BCUT2D eigenvalue weighted by Crippen LogP contribution is -2.29. The third-order valence-corrected chi connectivity index (χ3v) is 4.84. The van der Waals surface area contributed by atoms with Crippen LogP contribution in [0.3, 0.4) is 0 Å². The topological polar surface area (TPSA) is 12.0 Å². The number of nitrogens with one attached hydrogen (secondary N) is 1. The predicted molar refractivity (Wildman–Crippen MR) is 82.4 cm³/mol. The van der Waals surface area contributed by atoms with Gasteiger partial charge in [0.25, 0.3) is 0 Å². The zero-order valence-electron chi connectivity index (χ0n) is 11.8. The molecule has 0 spiro atoms. The van der Waals surface area contributed by atoms with Crippen LogP contribution in [0.5, 0.6) is 0 Å². The van der Waals surface area contributed by atoms with E-state index in [9.17, 15) is 0 Å².